The number of likely N-dealkylation sites (tertiary alicyclic amines) is 2. The van der Waals surface area contributed by atoms with E-state index in [-0.39, 0.29) is 22.9 Å². The normalized spacial score (nSPS) is 28.5. The smallest absolute Gasteiger partial charge is 0.320 e. The average Bonchev–Trinajstić information content (AvgIpc) is 2.97. The molecule has 2 fully saturated rings. The fourth-order valence-electron chi connectivity index (χ4n) is 6.22. The van der Waals surface area contributed by atoms with Crippen molar-refractivity contribution < 1.29 is 4.79 Å². The molecule has 1 aromatic carbocycles. The van der Waals surface area contributed by atoms with Crippen molar-refractivity contribution in [1.82, 2.24) is 19.4 Å². The van der Waals surface area contributed by atoms with Crippen LogP contribution in [0.25, 0.3) is 11.0 Å². The van der Waals surface area contributed by atoms with Gasteiger partial charge in [-0.05, 0) is 67.7 Å². The van der Waals surface area contributed by atoms with Crippen molar-refractivity contribution in [3.63, 3.8) is 0 Å². The molecule has 1 aromatic heterocycles. The summed E-state index contributed by atoms with van der Waals surface area (Å²) < 4.78 is 2.18. The van der Waals surface area contributed by atoms with Gasteiger partial charge < -0.3 is 14.4 Å². The number of amides is 2. The standard InChI is InChI=1S/C24H34N4O/c1-16-25-19-15-18-17(13-20(19)26(16)5)14-21-23(2,3)24(18,4)9-12-28(21)22(29)27-10-7-6-8-11-27/h13,15,21H,6-12,14H2,1-5H3/t21-,24+/m1/s1. The zero-order chi connectivity index (χ0) is 20.6. The van der Waals surface area contributed by atoms with E-state index in [1.165, 1.54) is 23.1 Å². The molecule has 2 atom stereocenters. The van der Waals surface area contributed by atoms with Gasteiger partial charge in [-0.3, -0.25) is 0 Å². The summed E-state index contributed by atoms with van der Waals surface area (Å²) in [5.41, 5.74) is 5.26. The molecule has 2 bridgehead atoms. The average molecular weight is 395 g/mol. The molecule has 3 heterocycles. The van der Waals surface area contributed by atoms with E-state index in [1.807, 2.05) is 0 Å². The van der Waals surface area contributed by atoms with Gasteiger partial charge in [0, 0.05) is 38.1 Å². The number of piperidine rings is 2. The second-order valence-electron chi connectivity index (χ2n) is 10.3. The van der Waals surface area contributed by atoms with Gasteiger partial charge in [-0.15, -0.1) is 0 Å². The lowest BCUT2D eigenvalue weighted by Crippen LogP contribution is -2.66. The minimum absolute atomic E-state index is 0.0290. The molecule has 1 aliphatic carbocycles. The largest absolute Gasteiger partial charge is 0.331 e. The van der Waals surface area contributed by atoms with E-state index in [4.69, 9.17) is 4.98 Å². The molecule has 0 saturated carbocycles. The van der Waals surface area contributed by atoms with E-state index < -0.39 is 0 Å². The number of urea groups is 1. The van der Waals surface area contributed by atoms with Gasteiger partial charge in [0.2, 0.25) is 0 Å². The van der Waals surface area contributed by atoms with Gasteiger partial charge in [-0.2, -0.15) is 0 Å². The van der Waals surface area contributed by atoms with Crippen LogP contribution in [0.2, 0.25) is 0 Å². The second kappa shape index (κ2) is 6.23. The van der Waals surface area contributed by atoms with Gasteiger partial charge in [0.15, 0.2) is 0 Å². The van der Waals surface area contributed by atoms with Crippen LogP contribution in [0.1, 0.15) is 63.4 Å². The first-order chi connectivity index (χ1) is 13.7. The van der Waals surface area contributed by atoms with E-state index in [0.29, 0.717) is 0 Å². The van der Waals surface area contributed by atoms with Gasteiger partial charge in [0.1, 0.15) is 5.82 Å². The van der Waals surface area contributed by atoms with Crippen LogP contribution in [0.15, 0.2) is 12.1 Å². The number of hydrogen-bond acceptors (Lipinski definition) is 2. The van der Waals surface area contributed by atoms with E-state index in [0.717, 1.165) is 56.7 Å². The fourth-order valence-corrected chi connectivity index (χ4v) is 6.22. The van der Waals surface area contributed by atoms with E-state index in [1.54, 1.807) is 0 Å². The third-order valence-electron chi connectivity index (χ3n) is 8.69. The molecular formula is C24H34N4O. The third kappa shape index (κ3) is 2.52. The van der Waals surface area contributed by atoms with Crippen molar-refractivity contribution in [2.45, 2.75) is 71.3 Å². The summed E-state index contributed by atoms with van der Waals surface area (Å²) in [4.78, 5) is 22.6. The van der Waals surface area contributed by atoms with Crippen LogP contribution in [0, 0.1) is 12.3 Å². The van der Waals surface area contributed by atoms with E-state index >= 15 is 0 Å². The monoisotopic (exact) mass is 394 g/mol. The van der Waals surface area contributed by atoms with Gasteiger partial charge in [-0.1, -0.05) is 20.8 Å². The van der Waals surface area contributed by atoms with Crippen LogP contribution in [-0.2, 0) is 18.9 Å². The van der Waals surface area contributed by atoms with Gasteiger partial charge in [0.05, 0.1) is 11.0 Å². The van der Waals surface area contributed by atoms with Gasteiger partial charge in [-0.25, -0.2) is 9.78 Å². The van der Waals surface area contributed by atoms with Crippen molar-refractivity contribution in [3.8, 4) is 0 Å². The maximum Gasteiger partial charge on any atom is 0.320 e. The quantitative estimate of drug-likeness (QED) is 0.664. The molecule has 156 valence electrons. The number of rotatable bonds is 0. The number of hydrogen-bond donors (Lipinski definition) is 0. The summed E-state index contributed by atoms with van der Waals surface area (Å²) in [5, 5.41) is 0. The molecular weight excluding hydrogens is 360 g/mol. The summed E-state index contributed by atoms with van der Waals surface area (Å²) in [6.45, 7) is 12.0. The van der Waals surface area contributed by atoms with Gasteiger partial charge in [0.25, 0.3) is 0 Å². The number of carbonyl (C=O) groups excluding carboxylic acids is 1. The predicted molar refractivity (Wildman–Crippen MR) is 116 cm³/mol. The predicted octanol–water partition coefficient (Wildman–Crippen LogP) is 4.40. The minimum Gasteiger partial charge on any atom is -0.331 e. The number of imidazole rings is 1. The molecule has 5 rings (SSSR count). The molecule has 5 heteroatoms. The SMILES string of the molecule is Cc1nc2cc3c(cc2n1C)C[C@H]1N(C(=O)N2CCCCC2)CC[C@]3(C)C1(C)C. The van der Waals surface area contributed by atoms with Crippen molar-refractivity contribution in [2.75, 3.05) is 19.6 Å². The Morgan fingerprint density at radius 1 is 1.10 bits per heavy atom. The van der Waals surface area contributed by atoms with Crippen LogP contribution < -0.4 is 0 Å². The highest BCUT2D eigenvalue weighted by Gasteiger charge is 2.57. The lowest BCUT2D eigenvalue weighted by Gasteiger charge is -2.61. The zero-order valence-corrected chi connectivity index (χ0v) is 18.6. The zero-order valence-electron chi connectivity index (χ0n) is 18.6. The number of carbonyl (C=O) groups is 1. The van der Waals surface area contributed by atoms with Crippen LogP contribution in [-0.4, -0.2) is 51.1 Å². The molecule has 2 saturated heterocycles. The highest BCUT2D eigenvalue weighted by Crippen LogP contribution is 2.56. The summed E-state index contributed by atoms with van der Waals surface area (Å²) in [7, 11) is 2.10. The molecule has 2 aliphatic heterocycles. The van der Waals surface area contributed by atoms with Crippen molar-refractivity contribution in [1.29, 1.82) is 0 Å². The van der Waals surface area contributed by atoms with Crippen molar-refractivity contribution in [2.24, 2.45) is 12.5 Å². The molecule has 0 spiro atoms. The van der Waals surface area contributed by atoms with Gasteiger partial charge >= 0.3 is 6.03 Å². The summed E-state index contributed by atoms with van der Waals surface area (Å²) >= 11 is 0. The third-order valence-corrected chi connectivity index (χ3v) is 8.69. The maximum absolute atomic E-state index is 13.5. The summed E-state index contributed by atoms with van der Waals surface area (Å²) in [6, 6.07) is 5.21. The lowest BCUT2D eigenvalue weighted by molar-refractivity contribution is -0.0241. The maximum atomic E-state index is 13.5. The number of benzene rings is 1. The van der Waals surface area contributed by atoms with Crippen LogP contribution in [0.5, 0.6) is 0 Å². The van der Waals surface area contributed by atoms with E-state index in [2.05, 4.69) is 61.2 Å². The molecule has 29 heavy (non-hydrogen) atoms. The Morgan fingerprint density at radius 3 is 2.55 bits per heavy atom. The van der Waals surface area contributed by atoms with E-state index in [9.17, 15) is 4.79 Å². The molecule has 0 radical (unpaired) electrons. The molecule has 3 aliphatic rings. The highest BCUT2D eigenvalue weighted by molar-refractivity contribution is 5.80. The molecule has 0 unspecified atom stereocenters. The van der Waals surface area contributed by atoms with Crippen molar-refractivity contribution >= 4 is 17.1 Å². The number of nitrogens with zero attached hydrogens (tertiary/aromatic N) is 4. The Bertz CT molecular complexity index is 984. The first-order valence-corrected chi connectivity index (χ1v) is 11.3. The molecule has 0 N–H and O–H groups in total. The Kier molecular flexibility index (Phi) is 4.07. The number of fused-ring (bicyclic) bond motifs is 5. The molecule has 2 aromatic rings. The Morgan fingerprint density at radius 2 is 1.83 bits per heavy atom. The van der Waals surface area contributed by atoms with Crippen LogP contribution >= 0.6 is 0 Å². The topological polar surface area (TPSA) is 41.4 Å². The van der Waals surface area contributed by atoms with Crippen molar-refractivity contribution in [3.05, 3.63) is 29.1 Å². The number of aromatic nitrogens is 2. The number of aryl methyl sites for hydroxylation is 2. The lowest BCUT2D eigenvalue weighted by atomic mass is 9.51. The molecule has 5 nitrogen and oxygen atoms in total. The first kappa shape index (κ1) is 19.0. The molecule has 2 amide bonds. The highest BCUT2D eigenvalue weighted by atomic mass is 16.2. The second-order valence-corrected chi connectivity index (χ2v) is 10.3. The summed E-state index contributed by atoms with van der Waals surface area (Å²) in [6.07, 6.45) is 5.50. The first-order valence-electron chi connectivity index (χ1n) is 11.3. The fraction of sp³-hybridized carbons (Fsp3) is 0.667. The summed E-state index contributed by atoms with van der Waals surface area (Å²) in [5.74, 6) is 1.05. The Labute approximate surface area is 174 Å². The Balaban J connectivity index is 1.59. The Hall–Kier alpha value is -2.04. The van der Waals surface area contributed by atoms with Crippen LogP contribution in [0.3, 0.4) is 0 Å². The minimum atomic E-state index is 0.0290. The van der Waals surface area contributed by atoms with Crippen LogP contribution in [0.4, 0.5) is 4.79 Å².